The molecule has 1 N–H and O–H groups in total. The van der Waals surface area contributed by atoms with Crippen molar-refractivity contribution < 1.29 is 9.84 Å². The summed E-state index contributed by atoms with van der Waals surface area (Å²) in [6.45, 7) is 5.67. The van der Waals surface area contributed by atoms with Crippen LogP contribution in [0, 0.1) is 0 Å². The fourth-order valence-corrected chi connectivity index (χ4v) is 3.72. The van der Waals surface area contributed by atoms with Crippen LogP contribution in [0.4, 0.5) is 0 Å². The summed E-state index contributed by atoms with van der Waals surface area (Å²) in [5, 5.41) is 9.48. The summed E-state index contributed by atoms with van der Waals surface area (Å²) in [6, 6.07) is 19.0. The molecule has 0 spiro atoms. The minimum Gasteiger partial charge on any atom is -0.513 e. The summed E-state index contributed by atoms with van der Waals surface area (Å²) >= 11 is 0. The Morgan fingerprint density at radius 1 is 1.07 bits per heavy atom. The van der Waals surface area contributed by atoms with E-state index in [0.29, 0.717) is 0 Å². The van der Waals surface area contributed by atoms with E-state index < -0.39 is 0 Å². The minimum absolute atomic E-state index is 0.0805. The number of aliphatic hydroxyl groups excluding tert-OH is 1. The molecule has 28 heavy (non-hydrogen) atoms. The molecular formula is C25H29NO2. The molecule has 0 aromatic heterocycles. The van der Waals surface area contributed by atoms with Crippen LogP contribution in [0.1, 0.15) is 49.6 Å². The maximum absolute atomic E-state index is 9.48. The number of nitrogens with zero attached hydrogens (tertiary/aromatic N) is 1. The highest BCUT2D eigenvalue weighted by Gasteiger charge is 2.22. The van der Waals surface area contributed by atoms with Crippen LogP contribution in [-0.2, 0) is 4.74 Å². The topological polar surface area (TPSA) is 32.7 Å². The van der Waals surface area contributed by atoms with E-state index in [1.165, 1.54) is 16.7 Å². The van der Waals surface area contributed by atoms with Gasteiger partial charge in [-0.2, -0.15) is 0 Å². The van der Waals surface area contributed by atoms with Gasteiger partial charge >= 0.3 is 0 Å². The first kappa shape index (κ1) is 20.0. The molecule has 2 aromatic rings. The van der Waals surface area contributed by atoms with Crippen molar-refractivity contribution in [3.05, 3.63) is 101 Å². The zero-order valence-corrected chi connectivity index (χ0v) is 17.0. The number of hydrogen-bond donors (Lipinski definition) is 1. The molecule has 3 unspecified atom stereocenters. The standard InChI is InChI=1S/C25H29NO2/c1-18(27)16-19(2)28-20(3)23-12-8-9-13-24(23)25-15-14-22(17-26(25)4)21-10-6-5-7-11-21/h5-17,19-20,25,27H,1-4H3/b18-16-. The molecule has 0 saturated heterocycles. The van der Waals surface area contributed by atoms with Gasteiger partial charge in [0.2, 0.25) is 0 Å². The van der Waals surface area contributed by atoms with Crippen LogP contribution in [0.25, 0.3) is 5.57 Å². The number of aliphatic hydroxyl groups is 1. The molecule has 0 radical (unpaired) electrons. The van der Waals surface area contributed by atoms with Crippen LogP contribution in [0.15, 0.2) is 84.8 Å². The first-order valence-corrected chi connectivity index (χ1v) is 9.74. The van der Waals surface area contributed by atoms with Crippen molar-refractivity contribution >= 4 is 5.57 Å². The molecule has 146 valence electrons. The van der Waals surface area contributed by atoms with Crippen molar-refractivity contribution in [3.8, 4) is 0 Å². The maximum atomic E-state index is 9.48. The van der Waals surface area contributed by atoms with Gasteiger partial charge in [0, 0.05) is 13.2 Å². The molecule has 3 heteroatoms. The highest BCUT2D eigenvalue weighted by molar-refractivity contribution is 5.74. The van der Waals surface area contributed by atoms with Gasteiger partial charge in [-0.15, -0.1) is 0 Å². The Morgan fingerprint density at radius 3 is 2.43 bits per heavy atom. The molecule has 0 aliphatic carbocycles. The van der Waals surface area contributed by atoms with Crippen LogP contribution in [-0.4, -0.2) is 23.2 Å². The Bertz CT molecular complexity index is 878. The Morgan fingerprint density at radius 2 is 1.75 bits per heavy atom. The fourth-order valence-electron chi connectivity index (χ4n) is 3.72. The summed E-state index contributed by atoms with van der Waals surface area (Å²) in [5.74, 6) is 0.279. The molecule has 1 aliphatic rings. The molecular weight excluding hydrogens is 346 g/mol. The van der Waals surface area contributed by atoms with Crippen LogP contribution in [0.3, 0.4) is 0 Å². The lowest BCUT2D eigenvalue weighted by molar-refractivity contribution is 0.0310. The second-order valence-electron chi connectivity index (χ2n) is 7.34. The number of rotatable bonds is 6. The smallest absolute Gasteiger partial charge is 0.0877 e. The van der Waals surface area contributed by atoms with Gasteiger partial charge in [-0.05, 0) is 49.1 Å². The van der Waals surface area contributed by atoms with Crippen molar-refractivity contribution in [2.24, 2.45) is 0 Å². The number of likely N-dealkylation sites (N-methyl/N-ethyl adjacent to an activating group) is 1. The highest BCUT2D eigenvalue weighted by Crippen LogP contribution is 2.34. The van der Waals surface area contributed by atoms with Gasteiger partial charge in [-0.25, -0.2) is 0 Å². The third kappa shape index (κ3) is 4.73. The van der Waals surface area contributed by atoms with Crippen LogP contribution < -0.4 is 0 Å². The lowest BCUT2D eigenvalue weighted by Crippen LogP contribution is -2.22. The normalized spacial score (nSPS) is 19.3. The van der Waals surface area contributed by atoms with E-state index in [9.17, 15) is 5.11 Å². The van der Waals surface area contributed by atoms with E-state index in [4.69, 9.17) is 4.74 Å². The summed E-state index contributed by atoms with van der Waals surface area (Å²) in [4.78, 5) is 2.25. The third-order valence-corrected chi connectivity index (χ3v) is 4.99. The molecule has 3 atom stereocenters. The Labute approximate surface area is 168 Å². The van der Waals surface area contributed by atoms with Gasteiger partial charge in [0.25, 0.3) is 0 Å². The molecule has 0 saturated carbocycles. The summed E-state index contributed by atoms with van der Waals surface area (Å²) in [5.41, 5.74) is 4.82. The monoisotopic (exact) mass is 375 g/mol. The van der Waals surface area contributed by atoms with Gasteiger partial charge < -0.3 is 14.7 Å². The van der Waals surface area contributed by atoms with Crippen molar-refractivity contribution in [2.75, 3.05) is 7.05 Å². The lowest BCUT2D eigenvalue weighted by Gasteiger charge is -2.31. The van der Waals surface area contributed by atoms with E-state index in [-0.39, 0.29) is 24.0 Å². The number of ether oxygens (including phenoxy) is 1. The molecule has 1 heterocycles. The average molecular weight is 376 g/mol. The van der Waals surface area contributed by atoms with E-state index in [0.717, 1.165) is 5.56 Å². The number of allylic oxidation sites excluding steroid dienone is 3. The predicted molar refractivity (Wildman–Crippen MR) is 116 cm³/mol. The summed E-state index contributed by atoms with van der Waals surface area (Å²) in [6.07, 6.45) is 8.13. The lowest BCUT2D eigenvalue weighted by atomic mass is 9.93. The van der Waals surface area contributed by atoms with E-state index in [2.05, 4.69) is 79.7 Å². The second-order valence-corrected chi connectivity index (χ2v) is 7.34. The zero-order chi connectivity index (χ0) is 20.1. The Kier molecular flexibility index (Phi) is 6.37. The molecule has 2 aromatic carbocycles. The third-order valence-electron chi connectivity index (χ3n) is 4.99. The molecule has 0 fully saturated rings. The average Bonchev–Trinajstić information content (AvgIpc) is 2.68. The fraction of sp³-hybridized carbons (Fsp3) is 0.280. The zero-order valence-electron chi connectivity index (χ0n) is 17.0. The van der Waals surface area contributed by atoms with Crippen molar-refractivity contribution in [1.29, 1.82) is 0 Å². The Balaban J connectivity index is 1.83. The molecule has 1 aliphatic heterocycles. The van der Waals surface area contributed by atoms with Gasteiger partial charge in [-0.3, -0.25) is 0 Å². The molecule has 3 rings (SSSR count). The quantitative estimate of drug-likeness (QED) is 0.610. The Hall–Kier alpha value is -2.78. The van der Waals surface area contributed by atoms with Crippen LogP contribution >= 0.6 is 0 Å². The van der Waals surface area contributed by atoms with E-state index >= 15 is 0 Å². The second kappa shape index (κ2) is 8.94. The van der Waals surface area contributed by atoms with Gasteiger partial charge in [-0.1, -0.05) is 66.7 Å². The number of hydrogen-bond acceptors (Lipinski definition) is 3. The first-order valence-electron chi connectivity index (χ1n) is 9.74. The van der Waals surface area contributed by atoms with Gasteiger partial charge in [0.1, 0.15) is 0 Å². The molecule has 0 bridgehead atoms. The summed E-state index contributed by atoms with van der Waals surface area (Å²) in [7, 11) is 2.11. The highest BCUT2D eigenvalue weighted by atomic mass is 16.5. The van der Waals surface area contributed by atoms with Crippen molar-refractivity contribution in [1.82, 2.24) is 4.90 Å². The van der Waals surface area contributed by atoms with Crippen molar-refractivity contribution in [3.63, 3.8) is 0 Å². The van der Waals surface area contributed by atoms with E-state index in [1.807, 2.05) is 19.1 Å². The first-order chi connectivity index (χ1) is 13.5. The van der Waals surface area contributed by atoms with Gasteiger partial charge in [0.15, 0.2) is 0 Å². The number of benzene rings is 2. The van der Waals surface area contributed by atoms with Crippen LogP contribution in [0.2, 0.25) is 0 Å². The largest absolute Gasteiger partial charge is 0.513 e. The molecule has 3 nitrogen and oxygen atoms in total. The van der Waals surface area contributed by atoms with Gasteiger partial charge in [0.05, 0.1) is 24.0 Å². The van der Waals surface area contributed by atoms with Crippen LogP contribution in [0.5, 0.6) is 0 Å². The molecule has 0 amide bonds. The van der Waals surface area contributed by atoms with Crippen molar-refractivity contribution in [2.45, 2.75) is 39.0 Å². The minimum atomic E-state index is -0.155. The predicted octanol–water partition coefficient (Wildman–Crippen LogP) is 6.20. The summed E-state index contributed by atoms with van der Waals surface area (Å²) < 4.78 is 6.11. The SMILES string of the molecule is C/C(O)=C/C(C)OC(C)c1ccccc1C1C=CC(c2ccccc2)=CN1C. The van der Waals surface area contributed by atoms with E-state index in [1.54, 1.807) is 13.0 Å². The maximum Gasteiger partial charge on any atom is 0.0877 e.